The standard InChI is InChI=1S/C21H42O9Si3/c1-22-31(23-2,24-3)16-13-19-11-10-12-20(14-17-32(25-4,26-5)27-6)21(19)15-18-33(28-7,29-8)30-9/h10-12H,13-18H2,1-9H3. The van der Waals surface area contributed by atoms with Crippen molar-refractivity contribution in [1.82, 2.24) is 0 Å². The molecular weight excluding hydrogens is 480 g/mol. The van der Waals surface area contributed by atoms with E-state index in [1.54, 1.807) is 64.0 Å². The molecule has 0 aliphatic carbocycles. The molecule has 1 rings (SSSR count). The van der Waals surface area contributed by atoms with Crippen LogP contribution in [0.25, 0.3) is 0 Å². The molecule has 0 saturated heterocycles. The van der Waals surface area contributed by atoms with Gasteiger partial charge in [-0.15, -0.1) is 0 Å². The minimum absolute atomic E-state index is 0.656. The van der Waals surface area contributed by atoms with E-state index in [-0.39, 0.29) is 0 Å². The van der Waals surface area contributed by atoms with Gasteiger partial charge in [-0.05, 0) is 36.0 Å². The zero-order valence-corrected chi connectivity index (χ0v) is 24.6. The molecule has 12 heteroatoms. The van der Waals surface area contributed by atoms with E-state index in [2.05, 4.69) is 18.2 Å². The SMILES string of the molecule is CO[Si](CCc1cccc(CC[Si](OC)(OC)OC)c1CC[Si](OC)(OC)OC)(OC)OC. The Morgan fingerprint density at radius 2 is 0.727 bits per heavy atom. The summed E-state index contributed by atoms with van der Waals surface area (Å²) in [6, 6.07) is 8.35. The zero-order valence-electron chi connectivity index (χ0n) is 21.6. The Morgan fingerprint density at radius 3 is 1.00 bits per heavy atom. The van der Waals surface area contributed by atoms with Crippen LogP contribution in [0.4, 0.5) is 0 Å². The van der Waals surface area contributed by atoms with Gasteiger partial charge >= 0.3 is 26.4 Å². The smallest absolute Gasteiger partial charge is 0.377 e. The largest absolute Gasteiger partial charge is 0.500 e. The fourth-order valence-electron chi connectivity index (χ4n) is 4.00. The molecule has 9 nitrogen and oxygen atoms in total. The molecule has 0 aliphatic rings. The first-order chi connectivity index (χ1) is 15.8. The lowest BCUT2D eigenvalue weighted by molar-refractivity contribution is 0.122. The monoisotopic (exact) mass is 522 g/mol. The lowest BCUT2D eigenvalue weighted by atomic mass is 9.96. The quantitative estimate of drug-likeness (QED) is 0.270. The minimum atomic E-state index is -2.74. The number of hydrogen-bond acceptors (Lipinski definition) is 9. The third-order valence-corrected chi connectivity index (χ3v) is 14.4. The second kappa shape index (κ2) is 14.8. The van der Waals surface area contributed by atoms with Crippen molar-refractivity contribution in [3.63, 3.8) is 0 Å². The van der Waals surface area contributed by atoms with E-state index in [0.29, 0.717) is 18.1 Å². The maximum atomic E-state index is 5.66. The van der Waals surface area contributed by atoms with E-state index in [1.165, 1.54) is 16.7 Å². The number of benzene rings is 1. The van der Waals surface area contributed by atoms with E-state index in [9.17, 15) is 0 Å². The van der Waals surface area contributed by atoms with Crippen LogP contribution in [0.3, 0.4) is 0 Å². The molecule has 0 radical (unpaired) electrons. The molecule has 1 aromatic rings. The Balaban J connectivity index is 3.28. The summed E-state index contributed by atoms with van der Waals surface area (Å²) in [5.74, 6) is 0. The fraction of sp³-hybridized carbons (Fsp3) is 0.714. The summed E-state index contributed by atoms with van der Waals surface area (Å²) in [5.41, 5.74) is 3.65. The van der Waals surface area contributed by atoms with Crippen molar-refractivity contribution in [2.24, 2.45) is 0 Å². The first-order valence-electron chi connectivity index (χ1n) is 10.9. The molecule has 0 aromatic heterocycles. The molecule has 0 spiro atoms. The Bertz CT molecular complexity index is 614. The molecule has 0 fully saturated rings. The van der Waals surface area contributed by atoms with Crippen LogP contribution in [0.2, 0.25) is 18.1 Å². The van der Waals surface area contributed by atoms with Crippen LogP contribution < -0.4 is 0 Å². The second-order valence-electron chi connectivity index (χ2n) is 7.44. The molecule has 0 amide bonds. The van der Waals surface area contributed by atoms with E-state index in [1.807, 2.05) is 0 Å². The lowest BCUT2D eigenvalue weighted by Gasteiger charge is -2.27. The van der Waals surface area contributed by atoms with Gasteiger partial charge in [0.2, 0.25) is 0 Å². The van der Waals surface area contributed by atoms with Gasteiger partial charge in [-0.2, -0.15) is 0 Å². The van der Waals surface area contributed by atoms with Crippen molar-refractivity contribution in [2.75, 3.05) is 64.0 Å². The van der Waals surface area contributed by atoms with Crippen molar-refractivity contribution >= 4 is 26.4 Å². The summed E-state index contributed by atoms with van der Waals surface area (Å²) in [7, 11) is 6.58. The highest BCUT2D eigenvalue weighted by Crippen LogP contribution is 2.28. The Hall–Kier alpha value is -0.489. The topological polar surface area (TPSA) is 83.1 Å². The number of hydrogen-bond donors (Lipinski definition) is 0. The molecule has 192 valence electrons. The van der Waals surface area contributed by atoms with Crippen LogP contribution in [0.1, 0.15) is 16.7 Å². The van der Waals surface area contributed by atoms with Gasteiger partial charge < -0.3 is 39.8 Å². The first kappa shape index (κ1) is 30.5. The highest BCUT2D eigenvalue weighted by atomic mass is 28.4. The molecule has 1 aromatic carbocycles. The first-order valence-corrected chi connectivity index (χ1v) is 16.7. The fourth-order valence-corrected chi connectivity index (χ4v) is 9.04. The van der Waals surface area contributed by atoms with Crippen molar-refractivity contribution in [3.8, 4) is 0 Å². The van der Waals surface area contributed by atoms with Crippen LogP contribution in [0.15, 0.2) is 18.2 Å². The van der Waals surface area contributed by atoms with Crippen molar-refractivity contribution in [2.45, 2.75) is 37.4 Å². The average Bonchev–Trinajstić information content (AvgIpc) is 2.88. The predicted octanol–water partition coefficient (Wildman–Crippen LogP) is 2.95. The van der Waals surface area contributed by atoms with Crippen LogP contribution in [0.5, 0.6) is 0 Å². The lowest BCUT2D eigenvalue weighted by Crippen LogP contribution is -2.44. The molecule has 33 heavy (non-hydrogen) atoms. The van der Waals surface area contributed by atoms with E-state index >= 15 is 0 Å². The molecule has 0 N–H and O–H groups in total. The summed E-state index contributed by atoms with van der Waals surface area (Å²) in [6.07, 6.45) is 2.26. The summed E-state index contributed by atoms with van der Waals surface area (Å²) in [6.45, 7) is 0. The van der Waals surface area contributed by atoms with Gasteiger partial charge in [0.1, 0.15) is 0 Å². The molecule has 0 bridgehead atoms. The van der Waals surface area contributed by atoms with Crippen molar-refractivity contribution in [3.05, 3.63) is 34.9 Å². The minimum Gasteiger partial charge on any atom is -0.377 e. The van der Waals surface area contributed by atoms with Gasteiger partial charge in [-0.25, -0.2) is 0 Å². The third kappa shape index (κ3) is 8.02. The maximum Gasteiger partial charge on any atom is 0.500 e. The van der Waals surface area contributed by atoms with Gasteiger partial charge in [-0.3, -0.25) is 0 Å². The van der Waals surface area contributed by atoms with Gasteiger partial charge in [-0.1, -0.05) is 18.2 Å². The molecule has 0 atom stereocenters. The molecule has 0 aliphatic heterocycles. The summed E-state index contributed by atoms with van der Waals surface area (Å²) >= 11 is 0. The number of rotatable bonds is 18. The average molecular weight is 523 g/mol. The Morgan fingerprint density at radius 1 is 0.455 bits per heavy atom. The zero-order chi connectivity index (χ0) is 25.0. The molecule has 0 unspecified atom stereocenters. The Kier molecular flexibility index (Phi) is 13.7. The molecule has 0 saturated carbocycles. The van der Waals surface area contributed by atoms with E-state index < -0.39 is 26.4 Å². The number of aryl methyl sites for hydroxylation is 2. The van der Waals surface area contributed by atoms with Gasteiger partial charge in [0.15, 0.2) is 0 Å². The van der Waals surface area contributed by atoms with E-state index in [0.717, 1.165) is 19.3 Å². The van der Waals surface area contributed by atoms with Gasteiger partial charge in [0.05, 0.1) is 0 Å². The summed E-state index contributed by atoms with van der Waals surface area (Å²) in [4.78, 5) is 0. The van der Waals surface area contributed by atoms with Crippen molar-refractivity contribution in [1.29, 1.82) is 0 Å². The highest BCUT2D eigenvalue weighted by molar-refractivity contribution is 6.61. The summed E-state index contributed by atoms with van der Waals surface area (Å²) in [5, 5.41) is 0. The van der Waals surface area contributed by atoms with Gasteiger partial charge in [0.25, 0.3) is 0 Å². The molecular formula is C21H42O9Si3. The van der Waals surface area contributed by atoms with Crippen LogP contribution in [0, 0.1) is 0 Å². The predicted molar refractivity (Wildman–Crippen MR) is 132 cm³/mol. The van der Waals surface area contributed by atoms with Crippen molar-refractivity contribution < 1.29 is 39.8 Å². The second-order valence-corrected chi connectivity index (χ2v) is 16.7. The normalized spacial score (nSPS) is 13.0. The molecule has 0 heterocycles. The summed E-state index contributed by atoms with van der Waals surface area (Å²) < 4.78 is 50.7. The van der Waals surface area contributed by atoms with E-state index in [4.69, 9.17) is 39.8 Å². The van der Waals surface area contributed by atoms with Crippen LogP contribution in [-0.4, -0.2) is 90.4 Å². The van der Waals surface area contributed by atoms with Crippen LogP contribution in [-0.2, 0) is 59.1 Å². The highest BCUT2D eigenvalue weighted by Gasteiger charge is 2.40. The van der Waals surface area contributed by atoms with Gasteiger partial charge in [0, 0.05) is 82.1 Å². The maximum absolute atomic E-state index is 5.66. The van der Waals surface area contributed by atoms with Crippen LogP contribution >= 0.6 is 0 Å². The Labute approximate surface area is 202 Å². The third-order valence-electron chi connectivity index (χ3n) is 6.25.